The maximum atomic E-state index is 13.0. The second-order valence-corrected chi connectivity index (χ2v) is 8.80. The standard InChI is InChI=1S/C27H30N6O3/c1-19-6-8-20(9-7-19)33-25(29-22-5-4-12-28-26(22)33)18-31-13-15-32(16-14-31)27(34)30-23-17-21(35-2)10-11-24(23)36-3/h4-12,17H,13-16,18H2,1-3H3,(H,30,34). The lowest BCUT2D eigenvalue weighted by atomic mass is 10.2. The van der Waals surface area contributed by atoms with Gasteiger partial charge in [-0.2, -0.15) is 0 Å². The van der Waals surface area contributed by atoms with E-state index in [1.54, 1.807) is 38.6 Å². The van der Waals surface area contributed by atoms with Crippen molar-refractivity contribution in [2.75, 3.05) is 45.7 Å². The summed E-state index contributed by atoms with van der Waals surface area (Å²) in [6.07, 6.45) is 1.80. The number of imidazole rings is 1. The van der Waals surface area contributed by atoms with Crippen LogP contribution < -0.4 is 14.8 Å². The Kier molecular flexibility index (Phi) is 6.73. The van der Waals surface area contributed by atoms with E-state index in [-0.39, 0.29) is 6.03 Å². The Balaban J connectivity index is 1.28. The van der Waals surface area contributed by atoms with Crippen molar-refractivity contribution in [3.8, 4) is 17.2 Å². The van der Waals surface area contributed by atoms with Crippen molar-refractivity contribution >= 4 is 22.9 Å². The molecule has 1 aliphatic heterocycles. The maximum absolute atomic E-state index is 13.0. The summed E-state index contributed by atoms with van der Waals surface area (Å²) in [5.74, 6) is 2.18. The molecule has 1 aliphatic rings. The third-order valence-corrected chi connectivity index (χ3v) is 6.45. The molecule has 9 heteroatoms. The summed E-state index contributed by atoms with van der Waals surface area (Å²) in [4.78, 5) is 26.6. The summed E-state index contributed by atoms with van der Waals surface area (Å²) in [7, 11) is 3.17. The molecule has 0 radical (unpaired) electrons. The molecule has 5 rings (SSSR count). The second-order valence-electron chi connectivity index (χ2n) is 8.80. The first-order chi connectivity index (χ1) is 17.6. The molecule has 2 aromatic heterocycles. The first-order valence-corrected chi connectivity index (χ1v) is 12.0. The second kappa shape index (κ2) is 10.2. The van der Waals surface area contributed by atoms with Crippen LogP contribution in [0.15, 0.2) is 60.8 Å². The lowest BCUT2D eigenvalue weighted by molar-refractivity contribution is 0.140. The molecule has 2 aromatic carbocycles. The van der Waals surface area contributed by atoms with Gasteiger partial charge in [-0.15, -0.1) is 0 Å². The monoisotopic (exact) mass is 486 g/mol. The summed E-state index contributed by atoms with van der Waals surface area (Å²) in [5, 5.41) is 2.96. The molecule has 0 unspecified atom stereocenters. The molecule has 1 saturated heterocycles. The minimum absolute atomic E-state index is 0.155. The average Bonchev–Trinajstić information content (AvgIpc) is 3.27. The van der Waals surface area contributed by atoms with Gasteiger partial charge < -0.3 is 19.7 Å². The number of carbonyl (C=O) groups excluding carboxylic acids is 1. The zero-order valence-electron chi connectivity index (χ0n) is 20.8. The van der Waals surface area contributed by atoms with E-state index >= 15 is 0 Å². The molecule has 9 nitrogen and oxygen atoms in total. The van der Waals surface area contributed by atoms with Crippen molar-refractivity contribution in [3.05, 3.63) is 72.2 Å². The van der Waals surface area contributed by atoms with Crippen LogP contribution in [0.5, 0.6) is 11.5 Å². The lowest BCUT2D eigenvalue weighted by Crippen LogP contribution is -2.49. The van der Waals surface area contributed by atoms with E-state index in [9.17, 15) is 4.79 Å². The van der Waals surface area contributed by atoms with Crippen molar-refractivity contribution in [1.82, 2.24) is 24.3 Å². The number of fused-ring (bicyclic) bond motifs is 1. The number of rotatable bonds is 6. The third-order valence-electron chi connectivity index (χ3n) is 6.45. The molecule has 2 amide bonds. The predicted octanol–water partition coefficient (Wildman–Crippen LogP) is 4.10. The van der Waals surface area contributed by atoms with Gasteiger partial charge in [0, 0.05) is 44.1 Å². The number of aryl methyl sites for hydroxylation is 1. The Morgan fingerprint density at radius 2 is 1.78 bits per heavy atom. The summed E-state index contributed by atoms with van der Waals surface area (Å²) < 4.78 is 12.8. The average molecular weight is 487 g/mol. The Morgan fingerprint density at radius 1 is 1.00 bits per heavy atom. The number of urea groups is 1. The highest BCUT2D eigenvalue weighted by molar-refractivity contribution is 5.91. The first kappa shape index (κ1) is 23.6. The number of aromatic nitrogens is 3. The van der Waals surface area contributed by atoms with Crippen LogP contribution in [-0.2, 0) is 6.54 Å². The number of benzene rings is 2. The van der Waals surface area contributed by atoms with E-state index in [0.717, 1.165) is 35.8 Å². The fourth-order valence-corrected chi connectivity index (χ4v) is 4.45. The number of anilines is 1. The number of pyridine rings is 1. The van der Waals surface area contributed by atoms with E-state index in [1.165, 1.54) is 5.56 Å². The van der Waals surface area contributed by atoms with Gasteiger partial charge in [0.05, 0.1) is 26.5 Å². The Bertz CT molecular complexity index is 1360. The number of nitrogens with zero attached hydrogens (tertiary/aromatic N) is 5. The van der Waals surface area contributed by atoms with Gasteiger partial charge in [0.1, 0.15) is 22.8 Å². The first-order valence-electron chi connectivity index (χ1n) is 12.0. The van der Waals surface area contributed by atoms with E-state index in [1.807, 2.05) is 17.0 Å². The van der Waals surface area contributed by atoms with Crippen LogP contribution in [-0.4, -0.2) is 70.8 Å². The maximum Gasteiger partial charge on any atom is 0.322 e. The summed E-state index contributed by atoms with van der Waals surface area (Å²) in [6.45, 7) is 5.46. The van der Waals surface area contributed by atoms with Gasteiger partial charge in [-0.1, -0.05) is 17.7 Å². The molecular formula is C27H30N6O3. The van der Waals surface area contributed by atoms with Gasteiger partial charge in [-0.3, -0.25) is 9.47 Å². The van der Waals surface area contributed by atoms with E-state index < -0.39 is 0 Å². The van der Waals surface area contributed by atoms with Crippen molar-refractivity contribution in [2.45, 2.75) is 13.5 Å². The van der Waals surface area contributed by atoms with Crippen LogP contribution in [0.4, 0.5) is 10.5 Å². The molecule has 186 valence electrons. The molecule has 0 spiro atoms. The van der Waals surface area contributed by atoms with Crippen molar-refractivity contribution in [1.29, 1.82) is 0 Å². The normalized spacial score (nSPS) is 14.1. The largest absolute Gasteiger partial charge is 0.497 e. The zero-order chi connectivity index (χ0) is 25.1. The molecule has 0 bridgehead atoms. The lowest BCUT2D eigenvalue weighted by Gasteiger charge is -2.34. The van der Waals surface area contributed by atoms with Gasteiger partial charge in [0.2, 0.25) is 0 Å². The van der Waals surface area contributed by atoms with E-state index in [4.69, 9.17) is 14.5 Å². The smallest absolute Gasteiger partial charge is 0.322 e. The Morgan fingerprint density at radius 3 is 2.50 bits per heavy atom. The van der Waals surface area contributed by atoms with Crippen LogP contribution in [0, 0.1) is 6.92 Å². The molecule has 3 heterocycles. The minimum Gasteiger partial charge on any atom is -0.497 e. The molecule has 0 aliphatic carbocycles. The quantitative estimate of drug-likeness (QED) is 0.442. The molecular weight excluding hydrogens is 456 g/mol. The van der Waals surface area contributed by atoms with Crippen molar-refractivity contribution in [2.24, 2.45) is 0 Å². The van der Waals surface area contributed by atoms with Crippen LogP contribution in [0.25, 0.3) is 16.9 Å². The van der Waals surface area contributed by atoms with E-state index in [0.29, 0.717) is 36.8 Å². The number of piperazine rings is 1. The Labute approximate surface area is 210 Å². The molecule has 4 aromatic rings. The number of hydrogen-bond donors (Lipinski definition) is 1. The summed E-state index contributed by atoms with van der Waals surface area (Å²) in [6, 6.07) is 17.5. The number of methoxy groups -OCH3 is 2. The number of carbonyl (C=O) groups is 1. The molecule has 1 fully saturated rings. The molecule has 36 heavy (non-hydrogen) atoms. The fourth-order valence-electron chi connectivity index (χ4n) is 4.45. The number of nitrogens with one attached hydrogen (secondary N) is 1. The third kappa shape index (κ3) is 4.83. The van der Waals surface area contributed by atoms with Crippen LogP contribution in [0.3, 0.4) is 0 Å². The van der Waals surface area contributed by atoms with Crippen LogP contribution >= 0.6 is 0 Å². The SMILES string of the molecule is COc1ccc(OC)c(NC(=O)N2CCN(Cc3nc4cccnc4n3-c3ccc(C)cc3)CC2)c1. The number of hydrogen-bond acceptors (Lipinski definition) is 6. The Hall–Kier alpha value is -4.11. The predicted molar refractivity (Wildman–Crippen MR) is 139 cm³/mol. The molecule has 1 N–H and O–H groups in total. The topological polar surface area (TPSA) is 84.8 Å². The highest BCUT2D eigenvalue weighted by atomic mass is 16.5. The molecule has 0 atom stereocenters. The minimum atomic E-state index is -0.155. The summed E-state index contributed by atoms with van der Waals surface area (Å²) >= 11 is 0. The van der Waals surface area contributed by atoms with Gasteiger partial charge >= 0.3 is 6.03 Å². The van der Waals surface area contributed by atoms with Crippen LogP contribution in [0.1, 0.15) is 11.4 Å². The summed E-state index contributed by atoms with van der Waals surface area (Å²) in [5.41, 5.74) is 4.56. The van der Waals surface area contributed by atoms with Crippen molar-refractivity contribution in [3.63, 3.8) is 0 Å². The van der Waals surface area contributed by atoms with Gasteiger partial charge in [0.25, 0.3) is 0 Å². The zero-order valence-corrected chi connectivity index (χ0v) is 20.8. The van der Waals surface area contributed by atoms with Gasteiger partial charge in [0.15, 0.2) is 5.65 Å². The highest BCUT2D eigenvalue weighted by Gasteiger charge is 2.24. The van der Waals surface area contributed by atoms with Crippen LogP contribution in [0.2, 0.25) is 0 Å². The number of amides is 2. The highest BCUT2D eigenvalue weighted by Crippen LogP contribution is 2.29. The van der Waals surface area contributed by atoms with Gasteiger partial charge in [-0.05, 0) is 43.3 Å². The number of ether oxygens (including phenoxy) is 2. The fraction of sp³-hybridized carbons (Fsp3) is 0.296. The van der Waals surface area contributed by atoms with Crippen molar-refractivity contribution < 1.29 is 14.3 Å². The van der Waals surface area contributed by atoms with Gasteiger partial charge in [-0.25, -0.2) is 14.8 Å². The molecule has 0 saturated carbocycles. The van der Waals surface area contributed by atoms with E-state index in [2.05, 4.69) is 51.0 Å².